The SMILES string of the molecule is Cc1nc2ccccc2c(=O)n1-c1ccc(F)c(NC(=O)c2cccs2)c1. The predicted molar refractivity (Wildman–Crippen MR) is 104 cm³/mol. The molecule has 134 valence electrons. The van der Waals surface area contributed by atoms with Crippen LogP contribution >= 0.6 is 11.3 Å². The minimum absolute atomic E-state index is 0.00496. The number of para-hydroxylation sites is 1. The fourth-order valence-electron chi connectivity index (χ4n) is 2.89. The van der Waals surface area contributed by atoms with Crippen molar-refractivity contribution in [3.05, 3.63) is 86.8 Å². The average Bonchev–Trinajstić information content (AvgIpc) is 3.19. The second-order valence-corrected chi connectivity index (χ2v) is 6.86. The average molecular weight is 379 g/mol. The van der Waals surface area contributed by atoms with Gasteiger partial charge in [0.2, 0.25) is 0 Å². The van der Waals surface area contributed by atoms with Crippen LogP contribution in [0.25, 0.3) is 16.6 Å². The molecule has 4 rings (SSSR count). The molecule has 27 heavy (non-hydrogen) atoms. The Balaban J connectivity index is 1.81. The summed E-state index contributed by atoms with van der Waals surface area (Å²) in [5, 5.41) is 4.80. The van der Waals surface area contributed by atoms with Crippen LogP contribution in [0.5, 0.6) is 0 Å². The highest BCUT2D eigenvalue weighted by Gasteiger charge is 2.14. The number of carbonyl (C=O) groups excluding carboxylic acids is 1. The van der Waals surface area contributed by atoms with Gasteiger partial charge in [0.15, 0.2) is 0 Å². The Morgan fingerprint density at radius 3 is 2.74 bits per heavy atom. The first-order valence-electron chi connectivity index (χ1n) is 8.18. The lowest BCUT2D eigenvalue weighted by molar-refractivity contribution is 0.103. The van der Waals surface area contributed by atoms with Crippen molar-refractivity contribution in [3.8, 4) is 5.69 Å². The van der Waals surface area contributed by atoms with E-state index >= 15 is 0 Å². The number of carbonyl (C=O) groups is 1. The van der Waals surface area contributed by atoms with E-state index in [1.165, 1.54) is 34.1 Å². The van der Waals surface area contributed by atoms with Gasteiger partial charge in [0.1, 0.15) is 11.6 Å². The topological polar surface area (TPSA) is 64.0 Å². The Kier molecular flexibility index (Phi) is 4.29. The van der Waals surface area contributed by atoms with Crippen LogP contribution < -0.4 is 10.9 Å². The van der Waals surface area contributed by atoms with E-state index < -0.39 is 11.7 Å². The van der Waals surface area contributed by atoms with Crippen LogP contribution in [-0.2, 0) is 0 Å². The molecule has 1 amide bonds. The van der Waals surface area contributed by atoms with Gasteiger partial charge in [-0.1, -0.05) is 18.2 Å². The summed E-state index contributed by atoms with van der Waals surface area (Å²) in [5.74, 6) is -0.509. The number of aromatic nitrogens is 2. The summed E-state index contributed by atoms with van der Waals surface area (Å²) in [4.78, 5) is 30.1. The fraction of sp³-hybridized carbons (Fsp3) is 0.0500. The van der Waals surface area contributed by atoms with E-state index in [1.54, 1.807) is 42.6 Å². The number of anilines is 1. The number of amides is 1. The first-order valence-corrected chi connectivity index (χ1v) is 9.06. The Hall–Kier alpha value is -3.32. The molecule has 0 aliphatic rings. The monoisotopic (exact) mass is 379 g/mol. The molecule has 2 heterocycles. The summed E-state index contributed by atoms with van der Waals surface area (Å²) in [5.41, 5.74) is 0.786. The third-order valence-electron chi connectivity index (χ3n) is 4.14. The molecule has 5 nitrogen and oxygen atoms in total. The van der Waals surface area contributed by atoms with E-state index in [4.69, 9.17) is 0 Å². The van der Waals surface area contributed by atoms with Gasteiger partial charge in [-0.3, -0.25) is 14.2 Å². The standard InChI is InChI=1S/C20H14FN3O2S/c1-12-22-16-6-3-2-5-14(16)20(26)24(12)13-8-9-15(21)17(11-13)23-19(25)18-7-4-10-27-18/h2-11H,1H3,(H,23,25). The lowest BCUT2D eigenvalue weighted by atomic mass is 10.2. The molecule has 0 radical (unpaired) electrons. The summed E-state index contributed by atoms with van der Waals surface area (Å²) in [6.07, 6.45) is 0. The van der Waals surface area contributed by atoms with Crippen LogP contribution in [0.3, 0.4) is 0 Å². The Labute approximate surface area is 157 Å². The highest BCUT2D eigenvalue weighted by Crippen LogP contribution is 2.21. The molecule has 0 atom stereocenters. The molecule has 0 unspecified atom stereocenters. The smallest absolute Gasteiger partial charge is 0.265 e. The zero-order chi connectivity index (χ0) is 19.0. The van der Waals surface area contributed by atoms with Gasteiger partial charge < -0.3 is 5.32 Å². The third kappa shape index (κ3) is 3.13. The van der Waals surface area contributed by atoms with Crippen molar-refractivity contribution < 1.29 is 9.18 Å². The van der Waals surface area contributed by atoms with Gasteiger partial charge >= 0.3 is 0 Å². The van der Waals surface area contributed by atoms with Crippen LogP contribution in [0.1, 0.15) is 15.5 Å². The second-order valence-electron chi connectivity index (χ2n) is 5.91. The Morgan fingerprint density at radius 1 is 1.15 bits per heavy atom. The van der Waals surface area contributed by atoms with Crippen LogP contribution in [0, 0.1) is 12.7 Å². The van der Waals surface area contributed by atoms with Crippen LogP contribution in [-0.4, -0.2) is 15.5 Å². The molecule has 4 aromatic rings. The van der Waals surface area contributed by atoms with Crippen molar-refractivity contribution in [3.63, 3.8) is 0 Å². The summed E-state index contributed by atoms with van der Waals surface area (Å²) < 4.78 is 15.6. The van der Waals surface area contributed by atoms with Crippen molar-refractivity contribution in [1.29, 1.82) is 0 Å². The van der Waals surface area contributed by atoms with Crippen LogP contribution in [0.2, 0.25) is 0 Å². The number of benzene rings is 2. The lowest BCUT2D eigenvalue weighted by Crippen LogP contribution is -2.22. The second kappa shape index (κ2) is 6.77. The molecule has 0 bridgehead atoms. The van der Waals surface area contributed by atoms with Crippen molar-refractivity contribution in [1.82, 2.24) is 9.55 Å². The molecule has 0 aliphatic heterocycles. The molecule has 7 heteroatoms. The van der Waals surface area contributed by atoms with Gasteiger partial charge in [-0.05, 0) is 48.7 Å². The number of nitrogens with zero attached hydrogens (tertiary/aromatic N) is 2. The first kappa shape index (κ1) is 17.1. The summed E-state index contributed by atoms with van der Waals surface area (Å²) in [7, 11) is 0. The van der Waals surface area contributed by atoms with Crippen LogP contribution in [0.4, 0.5) is 10.1 Å². The molecule has 0 saturated heterocycles. The predicted octanol–water partition coefficient (Wildman–Crippen LogP) is 4.15. The molecular formula is C20H14FN3O2S. The zero-order valence-electron chi connectivity index (χ0n) is 14.3. The summed E-state index contributed by atoms with van der Waals surface area (Å²) in [6, 6.07) is 14.6. The highest BCUT2D eigenvalue weighted by molar-refractivity contribution is 7.12. The molecule has 0 fully saturated rings. The van der Waals surface area contributed by atoms with Crippen molar-refractivity contribution in [2.75, 3.05) is 5.32 Å². The quantitative estimate of drug-likeness (QED) is 0.582. The molecule has 0 saturated carbocycles. The number of rotatable bonds is 3. The lowest BCUT2D eigenvalue weighted by Gasteiger charge is -2.13. The van der Waals surface area contributed by atoms with Gasteiger partial charge in [-0.2, -0.15) is 0 Å². The van der Waals surface area contributed by atoms with Gasteiger partial charge in [0, 0.05) is 0 Å². The number of thiophene rings is 1. The van der Waals surface area contributed by atoms with Gasteiger partial charge in [0.25, 0.3) is 11.5 Å². The fourth-order valence-corrected chi connectivity index (χ4v) is 3.51. The number of halogens is 1. The third-order valence-corrected chi connectivity index (χ3v) is 5.01. The van der Waals surface area contributed by atoms with E-state index in [-0.39, 0.29) is 11.2 Å². The number of nitrogens with one attached hydrogen (secondary N) is 1. The number of aryl methyl sites for hydroxylation is 1. The van der Waals surface area contributed by atoms with E-state index in [0.29, 0.717) is 27.3 Å². The highest BCUT2D eigenvalue weighted by atomic mass is 32.1. The molecule has 0 aliphatic carbocycles. The van der Waals surface area contributed by atoms with Crippen molar-refractivity contribution in [2.24, 2.45) is 0 Å². The van der Waals surface area contributed by atoms with E-state index in [9.17, 15) is 14.0 Å². The van der Waals surface area contributed by atoms with Gasteiger partial charge in [-0.25, -0.2) is 9.37 Å². The minimum atomic E-state index is -0.580. The largest absolute Gasteiger partial charge is 0.319 e. The van der Waals surface area contributed by atoms with Crippen molar-refractivity contribution >= 4 is 33.8 Å². The first-order chi connectivity index (χ1) is 13.0. The van der Waals surface area contributed by atoms with Gasteiger partial charge in [0.05, 0.1) is 27.2 Å². The van der Waals surface area contributed by atoms with Gasteiger partial charge in [-0.15, -0.1) is 11.3 Å². The van der Waals surface area contributed by atoms with Crippen LogP contribution in [0.15, 0.2) is 64.8 Å². The zero-order valence-corrected chi connectivity index (χ0v) is 15.1. The number of hydrogen-bond acceptors (Lipinski definition) is 4. The maximum atomic E-state index is 14.2. The van der Waals surface area contributed by atoms with E-state index in [2.05, 4.69) is 10.3 Å². The number of fused-ring (bicyclic) bond motifs is 1. The Bertz CT molecular complexity index is 1220. The summed E-state index contributed by atoms with van der Waals surface area (Å²) in [6.45, 7) is 1.71. The normalized spacial score (nSPS) is 10.9. The molecule has 1 N–H and O–H groups in total. The molecule has 0 spiro atoms. The number of hydrogen-bond donors (Lipinski definition) is 1. The molecule has 2 aromatic heterocycles. The van der Waals surface area contributed by atoms with Crippen molar-refractivity contribution in [2.45, 2.75) is 6.92 Å². The van der Waals surface area contributed by atoms with E-state index in [0.717, 1.165) is 0 Å². The summed E-state index contributed by atoms with van der Waals surface area (Å²) >= 11 is 1.26. The molecule has 2 aromatic carbocycles. The van der Waals surface area contributed by atoms with E-state index in [1.807, 2.05) is 6.07 Å². The maximum Gasteiger partial charge on any atom is 0.265 e. The molecular weight excluding hydrogens is 365 g/mol. The Morgan fingerprint density at radius 2 is 1.96 bits per heavy atom. The minimum Gasteiger partial charge on any atom is -0.319 e. The maximum absolute atomic E-state index is 14.2.